The topological polar surface area (TPSA) is 49.6 Å². The summed E-state index contributed by atoms with van der Waals surface area (Å²) in [5.41, 5.74) is 6.03. The average Bonchev–Trinajstić information content (AvgIpc) is 2.76. The second kappa shape index (κ2) is 8.50. The average molecular weight is 386 g/mol. The Bertz CT molecular complexity index is 1210. The van der Waals surface area contributed by atoms with E-state index in [1.165, 1.54) is 16.7 Å². The molecule has 0 radical (unpaired) electrons. The Morgan fingerprint density at radius 2 is 1.66 bits per heavy atom. The highest BCUT2D eigenvalue weighted by Crippen LogP contribution is 2.24. The molecule has 4 aromatic rings. The molecular formula is C25H27N3O. The molecule has 148 valence electrons. The van der Waals surface area contributed by atoms with Gasteiger partial charge >= 0.3 is 0 Å². The summed E-state index contributed by atoms with van der Waals surface area (Å²) in [6, 6.07) is 22.8. The van der Waals surface area contributed by atoms with Crippen LogP contribution in [-0.2, 0) is 13.1 Å². The molecule has 0 saturated heterocycles. The predicted octanol–water partition coefficient (Wildman–Crippen LogP) is 4.88. The first-order valence-electron chi connectivity index (χ1n) is 10.1. The molecule has 0 fully saturated rings. The molecule has 3 aromatic carbocycles. The van der Waals surface area contributed by atoms with Gasteiger partial charge in [0.25, 0.3) is 0 Å². The molecule has 0 spiro atoms. The fraction of sp³-hybridized carbons (Fsp3) is 0.240. The number of aromatic nitrogens is 1. The zero-order chi connectivity index (χ0) is 20.2. The second-order valence-corrected chi connectivity index (χ2v) is 7.54. The van der Waals surface area contributed by atoms with E-state index in [0.29, 0.717) is 5.36 Å². The molecule has 4 nitrogen and oxygen atoms in total. The number of nitrogens with one attached hydrogen (secondary N) is 1. The lowest BCUT2D eigenvalue weighted by atomic mass is 10.0. The number of para-hydroxylation sites is 1. The van der Waals surface area contributed by atoms with Crippen LogP contribution in [0.1, 0.15) is 23.1 Å². The summed E-state index contributed by atoms with van der Waals surface area (Å²) in [4.78, 5) is 0. The van der Waals surface area contributed by atoms with Crippen molar-refractivity contribution >= 4 is 21.8 Å². The lowest BCUT2D eigenvalue weighted by Crippen LogP contribution is -2.19. The van der Waals surface area contributed by atoms with Crippen LogP contribution in [0.15, 0.2) is 71.9 Å². The molecule has 4 heteroatoms. The van der Waals surface area contributed by atoms with Gasteiger partial charge in [0.05, 0.1) is 11.0 Å². The number of pyridine rings is 1. The summed E-state index contributed by atoms with van der Waals surface area (Å²) in [5, 5.41) is 19.6. The van der Waals surface area contributed by atoms with Crippen molar-refractivity contribution in [2.75, 3.05) is 6.54 Å². The van der Waals surface area contributed by atoms with E-state index in [0.717, 1.165) is 47.9 Å². The Labute approximate surface area is 171 Å². The standard InChI is InChI=1S/C25H27N3O/c1-18-13-14-22-24(27-29)21-11-6-7-12-23(21)28(25(22)19(18)2)16-8-15-26-17-20-9-4-3-5-10-20/h3-7,9-14,26,29H,8,15-17H2,1-2H3/b27-24+. The van der Waals surface area contributed by atoms with E-state index in [1.54, 1.807) is 0 Å². The van der Waals surface area contributed by atoms with Gasteiger partial charge < -0.3 is 15.1 Å². The first-order valence-corrected chi connectivity index (χ1v) is 10.1. The highest BCUT2D eigenvalue weighted by molar-refractivity contribution is 5.95. The van der Waals surface area contributed by atoms with Crippen LogP contribution in [0.4, 0.5) is 0 Å². The maximum Gasteiger partial charge on any atom is 0.121 e. The third kappa shape index (κ3) is 3.76. The van der Waals surface area contributed by atoms with Crippen molar-refractivity contribution in [2.45, 2.75) is 33.4 Å². The van der Waals surface area contributed by atoms with Crippen molar-refractivity contribution < 1.29 is 5.21 Å². The van der Waals surface area contributed by atoms with Gasteiger partial charge in [-0.25, -0.2) is 0 Å². The number of aryl methyl sites for hydroxylation is 3. The third-order valence-corrected chi connectivity index (χ3v) is 5.68. The summed E-state index contributed by atoms with van der Waals surface area (Å²) < 4.78 is 2.38. The monoisotopic (exact) mass is 385 g/mol. The Balaban J connectivity index is 1.68. The van der Waals surface area contributed by atoms with E-state index in [9.17, 15) is 5.21 Å². The Hall–Kier alpha value is -3.11. The molecule has 0 aliphatic carbocycles. The Morgan fingerprint density at radius 3 is 2.45 bits per heavy atom. The summed E-state index contributed by atoms with van der Waals surface area (Å²) in [5.74, 6) is 0. The lowest BCUT2D eigenvalue weighted by Gasteiger charge is -2.19. The second-order valence-electron chi connectivity index (χ2n) is 7.54. The van der Waals surface area contributed by atoms with Gasteiger partial charge in [0.1, 0.15) is 5.36 Å². The SMILES string of the molecule is Cc1ccc2/c(=N/O)c3ccccc3n(CCCNCc3ccccc3)c2c1C. The summed E-state index contributed by atoms with van der Waals surface area (Å²) in [6.07, 6.45) is 1.01. The number of fused-ring (bicyclic) bond motifs is 2. The highest BCUT2D eigenvalue weighted by atomic mass is 16.4. The molecule has 29 heavy (non-hydrogen) atoms. The van der Waals surface area contributed by atoms with E-state index in [-0.39, 0.29) is 0 Å². The van der Waals surface area contributed by atoms with Crippen molar-refractivity contribution in [3.05, 3.63) is 88.8 Å². The van der Waals surface area contributed by atoms with E-state index >= 15 is 0 Å². The van der Waals surface area contributed by atoms with E-state index in [1.807, 2.05) is 24.3 Å². The van der Waals surface area contributed by atoms with Gasteiger partial charge in [-0.3, -0.25) is 0 Å². The van der Waals surface area contributed by atoms with Crippen LogP contribution in [0, 0.1) is 13.8 Å². The van der Waals surface area contributed by atoms with E-state index in [4.69, 9.17) is 0 Å². The van der Waals surface area contributed by atoms with Crippen molar-refractivity contribution in [2.24, 2.45) is 5.16 Å². The van der Waals surface area contributed by atoms with Crippen molar-refractivity contribution in [3.63, 3.8) is 0 Å². The van der Waals surface area contributed by atoms with Crippen LogP contribution in [-0.4, -0.2) is 16.3 Å². The molecule has 0 aliphatic heterocycles. The zero-order valence-corrected chi connectivity index (χ0v) is 17.0. The van der Waals surface area contributed by atoms with Crippen LogP contribution in [0.25, 0.3) is 21.8 Å². The third-order valence-electron chi connectivity index (χ3n) is 5.68. The molecular weight excluding hydrogens is 358 g/mol. The van der Waals surface area contributed by atoms with Gasteiger partial charge in [-0.1, -0.05) is 65.8 Å². The molecule has 0 aliphatic rings. The first-order chi connectivity index (χ1) is 14.2. The quantitative estimate of drug-likeness (QED) is 0.215. The lowest BCUT2D eigenvalue weighted by molar-refractivity contribution is 0.303. The van der Waals surface area contributed by atoms with Crippen molar-refractivity contribution in [1.29, 1.82) is 0 Å². The van der Waals surface area contributed by atoms with Gasteiger partial charge in [-0.15, -0.1) is 0 Å². The van der Waals surface area contributed by atoms with Gasteiger partial charge in [-0.2, -0.15) is 0 Å². The maximum atomic E-state index is 9.74. The van der Waals surface area contributed by atoms with Crippen molar-refractivity contribution in [1.82, 2.24) is 9.88 Å². The number of benzene rings is 3. The van der Waals surface area contributed by atoms with Crippen LogP contribution in [0.2, 0.25) is 0 Å². The number of hydrogen-bond acceptors (Lipinski definition) is 3. The molecule has 1 aromatic heterocycles. The number of rotatable bonds is 6. The first kappa shape index (κ1) is 19.2. The molecule has 0 unspecified atom stereocenters. The van der Waals surface area contributed by atoms with Crippen LogP contribution < -0.4 is 10.7 Å². The summed E-state index contributed by atoms with van der Waals surface area (Å²) in [6.45, 7) is 7.00. The largest absolute Gasteiger partial charge is 0.410 e. The number of hydrogen-bond donors (Lipinski definition) is 2. The van der Waals surface area contributed by atoms with E-state index in [2.05, 4.69) is 71.4 Å². The minimum Gasteiger partial charge on any atom is -0.410 e. The van der Waals surface area contributed by atoms with Gasteiger partial charge in [-0.05, 0) is 49.6 Å². The fourth-order valence-corrected chi connectivity index (χ4v) is 4.05. The predicted molar refractivity (Wildman–Crippen MR) is 119 cm³/mol. The zero-order valence-electron chi connectivity index (χ0n) is 17.0. The normalized spacial score (nSPS) is 12.1. The molecule has 1 heterocycles. The van der Waals surface area contributed by atoms with Gasteiger partial charge in [0.2, 0.25) is 0 Å². The van der Waals surface area contributed by atoms with Crippen LogP contribution in [0.3, 0.4) is 0 Å². The summed E-state index contributed by atoms with van der Waals surface area (Å²) >= 11 is 0. The Morgan fingerprint density at radius 1 is 0.897 bits per heavy atom. The van der Waals surface area contributed by atoms with Gasteiger partial charge in [0.15, 0.2) is 0 Å². The molecule has 0 atom stereocenters. The fourth-order valence-electron chi connectivity index (χ4n) is 4.05. The number of nitrogens with zero attached hydrogens (tertiary/aromatic N) is 2. The van der Waals surface area contributed by atoms with Gasteiger partial charge in [0, 0.05) is 23.9 Å². The maximum absolute atomic E-state index is 9.74. The summed E-state index contributed by atoms with van der Waals surface area (Å²) in [7, 11) is 0. The molecule has 4 rings (SSSR count). The molecule has 0 bridgehead atoms. The minimum atomic E-state index is 0.650. The minimum absolute atomic E-state index is 0.650. The van der Waals surface area contributed by atoms with E-state index < -0.39 is 0 Å². The molecule has 0 amide bonds. The highest BCUT2D eigenvalue weighted by Gasteiger charge is 2.12. The van der Waals surface area contributed by atoms with Crippen molar-refractivity contribution in [3.8, 4) is 0 Å². The Kier molecular flexibility index (Phi) is 5.63. The van der Waals surface area contributed by atoms with Crippen LogP contribution in [0.5, 0.6) is 0 Å². The van der Waals surface area contributed by atoms with Crippen LogP contribution >= 0.6 is 0 Å². The smallest absolute Gasteiger partial charge is 0.121 e. The molecule has 0 saturated carbocycles. The molecule has 2 N–H and O–H groups in total.